The standard InChI is InChI=1S/C11H12N2O/c1-7-5-6-8-3-2-4-9-10(8)13(7)11(14)12-9/h2-4,7H,5-6H2,1H3,(H,12,14)/t7-/m0/s1. The van der Waals surface area contributed by atoms with E-state index in [2.05, 4.69) is 18.0 Å². The zero-order valence-electron chi connectivity index (χ0n) is 8.08. The van der Waals surface area contributed by atoms with Crippen molar-refractivity contribution in [3.05, 3.63) is 34.2 Å². The summed E-state index contributed by atoms with van der Waals surface area (Å²) in [5.41, 5.74) is 3.40. The van der Waals surface area contributed by atoms with Gasteiger partial charge in [0.25, 0.3) is 0 Å². The molecule has 0 aliphatic carbocycles. The van der Waals surface area contributed by atoms with Gasteiger partial charge < -0.3 is 4.98 Å². The van der Waals surface area contributed by atoms with Crippen LogP contribution in [0.3, 0.4) is 0 Å². The Morgan fingerprint density at radius 2 is 2.36 bits per heavy atom. The third-order valence-corrected chi connectivity index (χ3v) is 3.09. The van der Waals surface area contributed by atoms with Crippen molar-refractivity contribution >= 4 is 11.0 Å². The summed E-state index contributed by atoms with van der Waals surface area (Å²) in [6.07, 6.45) is 2.14. The molecule has 0 unspecified atom stereocenters. The van der Waals surface area contributed by atoms with Crippen LogP contribution in [-0.4, -0.2) is 9.55 Å². The topological polar surface area (TPSA) is 37.8 Å². The summed E-state index contributed by atoms with van der Waals surface area (Å²) in [6, 6.07) is 6.41. The van der Waals surface area contributed by atoms with Crippen LogP contribution in [0.2, 0.25) is 0 Å². The van der Waals surface area contributed by atoms with Gasteiger partial charge in [-0.3, -0.25) is 4.57 Å². The quantitative estimate of drug-likeness (QED) is 0.673. The number of aromatic amines is 1. The fourth-order valence-corrected chi connectivity index (χ4v) is 2.37. The lowest BCUT2D eigenvalue weighted by Crippen LogP contribution is -2.23. The number of aromatic nitrogens is 2. The van der Waals surface area contributed by atoms with E-state index in [0.717, 1.165) is 23.9 Å². The van der Waals surface area contributed by atoms with Gasteiger partial charge in [0.05, 0.1) is 11.0 Å². The summed E-state index contributed by atoms with van der Waals surface area (Å²) in [7, 11) is 0. The minimum Gasteiger partial charge on any atom is -0.306 e. The van der Waals surface area contributed by atoms with Crippen LogP contribution in [-0.2, 0) is 6.42 Å². The summed E-state index contributed by atoms with van der Waals surface area (Å²) in [6.45, 7) is 2.10. The van der Waals surface area contributed by atoms with Gasteiger partial charge in [-0.25, -0.2) is 4.79 Å². The number of hydrogen-bond acceptors (Lipinski definition) is 1. The van der Waals surface area contributed by atoms with Crippen LogP contribution in [0.15, 0.2) is 23.0 Å². The molecule has 2 heterocycles. The maximum absolute atomic E-state index is 11.7. The van der Waals surface area contributed by atoms with Gasteiger partial charge in [0.2, 0.25) is 0 Å². The second-order valence-electron chi connectivity index (χ2n) is 4.00. The fraction of sp³-hybridized carbons (Fsp3) is 0.364. The molecule has 0 saturated carbocycles. The highest BCUT2D eigenvalue weighted by molar-refractivity contribution is 5.79. The van der Waals surface area contributed by atoms with Crippen LogP contribution in [0, 0.1) is 0 Å². The summed E-state index contributed by atoms with van der Waals surface area (Å²) >= 11 is 0. The van der Waals surface area contributed by atoms with Crippen LogP contribution >= 0.6 is 0 Å². The van der Waals surface area contributed by atoms with E-state index in [-0.39, 0.29) is 5.69 Å². The molecule has 3 nitrogen and oxygen atoms in total. The van der Waals surface area contributed by atoms with E-state index < -0.39 is 0 Å². The molecule has 1 aromatic carbocycles. The molecule has 1 aliphatic rings. The molecular weight excluding hydrogens is 176 g/mol. The summed E-state index contributed by atoms with van der Waals surface area (Å²) in [5.74, 6) is 0. The molecule has 0 amide bonds. The number of nitrogens with zero attached hydrogens (tertiary/aromatic N) is 1. The van der Waals surface area contributed by atoms with Crippen molar-refractivity contribution in [2.45, 2.75) is 25.8 Å². The Kier molecular flexibility index (Phi) is 1.40. The lowest BCUT2D eigenvalue weighted by atomic mass is 10.0. The number of para-hydroxylation sites is 1. The second-order valence-corrected chi connectivity index (χ2v) is 4.00. The molecule has 1 aromatic heterocycles. The summed E-state index contributed by atoms with van der Waals surface area (Å²) in [5, 5.41) is 0. The Bertz CT molecular complexity index is 550. The van der Waals surface area contributed by atoms with Crippen LogP contribution in [0.5, 0.6) is 0 Å². The van der Waals surface area contributed by atoms with Crippen LogP contribution in [0.4, 0.5) is 0 Å². The van der Waals surface area contributed by atoms with Gasteiger partial charge in [-0.05, 0) is 31.4 Å². The third-order valence-electron chi connectivity index (χ3n) is 3.09. The van der Waals surface area contributed by atoms with Crippen LogP contribution in [0.25, 0.3) is 11.0 Å². The molecule has 1 aliphatic heterocycles. The average Bonchev–Trinajstić information content (AvgIpc) is 2.51. The fourth-order valence-electron chi connectivity index (χ4n) is 2.37. The van der Waals surface area contributed by atoms with E-state index in [1.54, 1.807) is 0 Å². The number of nitrogens with one attached hydrogen (secondary N) is 1. The Morgan fingerprint density at radius 3 is 3.21 bits per heavy atom. The van der Waals surface area contributed by atoms with E-state index >= 15 is 0 Å². The molecule has 0 bridgehead atoms. The molecule has 1 atom stereocenters. The SMILES string of the molecule is C[C@H]1CCc2cccc3[nH]c(=O)n1c23. The number of benzene rings is 1. The molecular formula is C11H12N2O. The van der Waals surface area contributed by atoms with E-state index in [0.29, 0.717) is 6.04 Å². The predicted molar refractivity (Wildman–Crippen MR) is 55.6 cm³/mol. The van der Waals surface area contributed by atoms with Crippen molar-refractivity contribution in [1.29, 1.82) is 0 Å². The first-order valence-electron chi connectivity index (χ1n) is 4.99. The van der Waals surface area contributed by atoms with Crippen LogP contribution < -0.4 is 5.69 Å². The second kappa shape index (κ2) is 2.50. The molecule has 14 heavy (non-hydrogen) atoms. The Labute approximate surface area is 81.4 Å². The maximum Gasteiger partial charge on any atom is 0.326 e. The van der Waals surface area contributed by atoms with Crippen molar-refractivity contribution in [1.82, 2.24) is 9.55 Å². The van der Waals surface area contributed by atoms with Crippen molar-refractivity contribution in [3.63, 3.8) is 0 Å². The lowest BCUT2D eigenvalue weighted by Gasteiger charge is -2.20. The Balaban J connectivity index is 2.54. The van der Waals surface area contributed by atoms with Gasteiger partial charge in [0.15, 0.2) is 0 Å². The van der Waals surface area contributed by atoms with Gasteiger partial charge in [0.1, 0.15) is 0 Å². The van der Waals surface area contributed by atoms with Gasteiger partial charge >= 0.3 is 5.69 Å². The van der Waals surface area contributed by atoms with Crippen molar-refractivity contribution in [2.75, 3.05) is 0 Å². The molecule has 3 rings (SSSR count). The molecule has 0 saturated heterocycles. The molecule has 72 valence electrons. The van der Waals surface area contributed by atoms with Crippen molar-refractivity contribution in [2.24, 2.45) is 0 Å². The number of aryl methyl sites for hydroxylation is 1. The first kappa shape index (κ1) is 7.85. The molecule has 2 aromatic rings. The van der Waals surface area contributed by atoms with Gasteiger partial charge in [-0.2, -0.15) is 0 Å². The first-order chi connectivity index (χ1) is 6.77. The Hall–Kier alpha value is -1.51. The Morgan fingerprint density at radius 1 is 1.50 bits per heavy atom. The first-order valence-corrected chi connectivity index (χ1v) is 4.99. The van der Waals surface area contributed by atoms with E-state index in [1.165, 1.54) is 5.56 Å². The number of hydrogen-bond donors (Lipinski definition) is 1. The van der Waals surface area contributed by atoms with Gasteiger partial charge in [-0.1, -0.05) is 12.1 Å². The van der Waals surface area contributed by atoms with Crippen molar-refractivity contribution < 1.29 is 0 Å². The largest absolute Gasteiger partial charge is 0.326 e. The third kappa shape index (κ3) is 0.842. The molecule has 1 N–H and O–H groups in total. The minimum absolute atomic E-state index is 0.0275. The zero-order chi connectivity index (χ0) is 9.71. The van der Waals surface area contributed by atoms with E-state index in [4.69, 9.17) is 0 Å². The highest BCUT2D eigenvalue weighted by Crippen LogP contribution is 2.27. The number of H-pyrrole nitrogens is 1. The molecule has 0 fully saturated rings. The zero-order valence-corrected chi connectivity index (χ0v) is 8.08. The molecule has 3 heteroatoms. The monoisotopic (exact) mass is 188 g/mol. The molecule has 0 spiro atoms. The van der Waals surface area contributed by atoms with E-state index in [9.17, 15) is 4.79 Å². The van der Waals surface area contributed by atoms with Crippen LogP contribution in [0.1, 0.15) is 24.9 Å². The number of rotatable bonds is 0. The number of imidazole rings is 1. The molecule has 0 radical (unpaired) electrons. The smallest absolute Gasteiger partial charge is 0.306 e. The van der Waals surface area contributed by atoms with E-state index in [1.807, 2.05) is 16.7 Å². The minimum atomic E-state index is 0.0275. The lowest BCUT2D eigenvalue weighted by molar-refractivity contribution is 0.489. The highest BCUT2D eigenvalue weighted by atomic mass is 16.1. The normalized spacial score (nSPS) is 20.2. The van der Waals surface area contributed by atoms with Crippen molar-refractivity contribution in [3.8, 4) is 0 Å². The predicted octanol–water partition coefficient (Wildman–Crippen LogP) is 1.84. The average molecular weight is 188 g/mol. The highest BCUT2D eigenvalue weighted by Gasteiger charge is 2.20. The van der Waals surface area contributed by atoms with Gasteiger partial charge in [-0.15, -0.1) is 0 Å². The summed E-state index contributed by atoms with van der Waals surface area (Å²) < 4.78 is 1.88. The van der Waals surface area contributed by atoms with Gasteiger partial charge in [0, 0.05) is 6.04 Å². The maximum atomic E-state index is 11.7. The summed E-state index contributed by atoms with van der Waals surface area (Å²) in [4.78, 5) is 14.6.